The van der Waals surface area contributed by atoms with Crippen molar-refractivity contribution in [1.29, 1.82) is 0 Å². The van der Waals surface area contributed by atoms with Crippen LogP contribution in [0.3, 0.4) is 0 Å². The Kier molecular flexibility index (Phi) is 5.88. The maximum atomic E-state index is 12.2. The minimum Gasteiger partial charge on any atom is -0.492 e. The first-order valence-electron chi connectivity index (χ1n) is 8.48. The van der Waals surface area contributed by atoms with E-state index in [0.717, 1.165) is 17.0 Å². The maximum absolute atomic E-state index is 12.2. The number of amides is 2. The highest BCUT2D eigenvalue weighted by Crippen LogP contribution is 2.09. The fourth-order valence-corrected chi connectivity index (χ4v) is 2.49. The van der Waals surface area contributed by atoms with Gasteiger partial charge in [0.2, 0.25) is 0 Å². The summed E-state index contributed by atoms with van der Waals surface area (Å²) in [5.74, 6) is 0.795. The van der Waals surface area contributed by atoms with E-state index >= 15 is 0 Å². The second-order valence-electron chi connectivity index (χ2n) is 5.88. The molecule has 3 rings (SSSR count). The zero-order chi connectivity index (χ0) is 18.2. The average molecular weight is 350 g/mol. The van der Waals surface area contributed by atoms with Crippen LogP contribution in [-0.4, -0.2) is 40.9 Å². The summed E-state index contributed by atoms with van der Waals surface area (Å²) in [4.78, 5) is 13.8. The van der Waals surface area contributed by atoms with Gasteiger partial charge in [0.1, 0.15) is 12.4 Å². The third-order valence-electron chi connectivity index (χ3n) is 3.81. The monoisotopic (exact) mass is 350 g/mol. The predicted molar refractivity (Wildman–Crippen MR) is 100 cm³/mol. The van der Waals surface area contributed by atoms with Gasteiger partial charge >= 0.3 is 6.03 Å². The van der Waals surface area contributed by atoms with Gasteiger partial charge in [-0.25, -0.2) is 9.48 Å². The zero-order valence-electron chi connectivity index (χ0n) is 14.7. The summed E-state index contributed by atoms with van der Waals surface area (Å²) in [5.41, 5.74) is 1.95. The molecule has 0 bridgehead atoms. The van der Waals surface area contributed by atoms with Crippen LogP contribution in [0.1, 0.15) is 5.56 Å². The fraction of sp³-hybridized carbons (Fsp3) is 0.200. The summed E-state index contributed by atoms with van der Waals surface area (Å²) in [6.45, 7) is 1.36. The number of hydrogen-bond acceptors (Lipinski definition) is 3. The van der Waals surface area contributed by atoms with Crippen molar-refractivity contribution in [3.63, 3.8) is 0 Å². The van der Waals surface area contributed by atoms with E-state index in [4.69, 9.17) is 4.74 Å². The second-order valence-corrected chi connectivity index (χ2v) is 5.88. The van der Waals surface area contributed by atoms with Crippen molar-refractivity contribution in [2.75, 3.05) is 20.2 Å². The number of hydrogen-bond donors (Lipinski definition) is 1. The Morgan fingerprint density at radius 3 is 2.54 bits per heavy atom. The average Bonchev–Trinajstić information content (AvgIpc) is 3.15. The fourth-order valence-electron chi connectivity index (χ4n) is 2.49. The number of nitrogens with zero attached hydrogens (tertiary/aromatic N) is 3. The van der Waals surface area contributed by atoms with Crippen LogP contribution in [0.2, 0.25) is 0 Å². The van der Waals surface area contributed by atoms with E-state index in [1.165, 1.54) is 0 Å². The molecule has 2 aromatic carbocycles. The number of rotatable bonds is 7. The molecular formula is C20H22N4O2. The van der Waals surface area contributed by atoms with Crippen LogP contribution in [0.25, 0.3) is 5.69 Å². The van der Waals surface area contributed by atoms with Gasteiger partial charge in [0.25, 0.3) is 0 Å². The Bertz CT molecular complexity index is 818. The maximum Gasteiger partial charge on any atom is 0.317 e. The van der Waals surface area contributed by atoms with E-state index in [-0.39, 0.29) is 6.03 Å². The Labute approximate surface area is 153 Å². The lowest BCUT2D eigenvalue weighted by molar-refractivity contribution is 0.203. The third kappa shape index (κ3) is 4.86. The van der Waals surface area contributed by atoms with Crippen molar-refractivity contribution >= 4 is 6.03 Å². The topological polar surface area (TPSA) is 59.4 Å². The molecule has 0 saturated carbocycles. The van der Waals surface area contributed by atoms with Crippen LogP contribution in [0.15, 0.2) is 73.1 Å². The molecule has 134 valence electrons. The molecule has 1 N–H and O–H groups in total. The van der Waals surface area contributed by atoms with Gasteiger partial charge in [-0.15, -0.1) is 0 Å². The molecule has 0 aliphatic carbocycles. The molecule has 3 aromatic rings. The molecule has 6 nitrogen and oxygen atoms in total. The summed E-state index contributed by atoms with van der Waals surface area (Å²) in [6.07, 6.45) is 3.70. The number of urea groups is 1. The molecule has 26 heavy (non-hydrogen) atoms. The van der Waals surface area contributed by atoms with Gasteiger partial charge in [0.15, 0.2) is 0 Å². The van der Waals surface area contributed by atoms with Crippen LogP contribution in [0.4, 0.5) is 4.79 Å². The highest BCUT2D eigenvalue weighted by atomic mass is 16.5. The van der Waals surface area contributed by atoms with E-state index < -0.39 is 0 Å². The highest BCUT2D eigenvalue weighted by molar-refractivity contribution is 5.73. The number of aromatic nitrogens is 2. The first kappa shape index (κ1) is 17.5. The SMILES string of the molecule is CN(Cc1cnn(-c2ccccc2)c1)C(=O)NCCOc1ccccc1. The molecule has 2 amide bonds. The Balaban J connectivity index is 1.43. The molecule has 6 heteroatoms. The molecule has 0 atom stereocenters. The highest BCUT2D eigenvalue weighted by Gasteiger charge is 2.10. The molecule has 1 heterocycles. The normalized spacial score (nSPS) is 10.3. The van der Waals surface area contributed by atoms with Crippen LogP contribution >= 0.6 is 0 Å². The van der Waals surface area contributed by atoms with Crippen molar-refractivity contribution in [3.05, 3.63) is 78.6 Å². The van der Waals surface area contributed by atoms with E-state index in [2.05, 4.69) is 10.4 Å². The number of carbonyl (C=O) groups is 1. The van der Waals surface area contributed by atoms with Crippen molar-refractivity contribution < 1.29 is 9.53 Å². The molecule has 0 fully saturated rings. The largest absolute Gasteiger partial charge is 0.492 e. The van der Waals surface area contributed by atoms with Crippen molar-refractivity contribution in [2.24, 2.45) is 0 Å². The summed E-state index contributed by atoms with van der Waals surface area (Å²) < 4.78 is 7.36. The summed E-state index contributed by atoms with van der Waals surface area (Å²) in [6, 6.07) is 19.3. The molecule has 0 saturated heterocycles. The van der Waals surface area contributed by atoms with Crippen LogP contribution in [-0.2, 0) is 6.54 Å². The summed E-state index contributed by atoms with van der Waals surface area (Å²) >= 11 is 0. The van der Waals surface area contributed by atoms with Gasteiger partial charge in [0, 0.05) is 18.8 Å². The first-order chi connectivity index (χ1) is 12.7. The molecule has 0 spiro atoms. The first-order valence-corrected chi connectivity index (χ1v) is 8.48. The molecule has 0 aliphatic heterocycles. The minimum atomic E-state index is -0.144. The van der Waals surface area contributed by atoms with Gasteiger partial charge in [0.05, 0.1) is 25.0 Å². The van der Waals surface area contributed by atoms with Gasteiger partial charge in [-0.2, -0.15) is 5.10 Å². The van der Waals surface area contributed by atoms with Crippen molar-refractivity contribution in [1.82, 2.24) is 20.0 Å². The number of benzene rings is 2. The second kappa shape index (κ2) is 8.71. The summed E-state index contributed by atoms with van der Waals surface area (Å²) in [7, 11) is 1.76. The molecule has 0 radical (unpaired) electrons. The van der Waals surface area contributed by atoms with E-state index in [1.54, 1.807) is 22.8 Å². The van der Waals surface area contributed by atoms with Crippen LogP contribution in [0.5, 0.6) is 5.75 Å². The number of nitrogens with one attached hydrogen (secondary N) is 1. The predicted octanol–water partition coefficient (Wildman–Crippen LogP) is 3.09. The van der Waals surface area contributed by atoms with Crippen molar-refractivity contribution in [2.45, 2.75) is 6.54 Å². The number of para-hydroxylation sites is 2. The van der Waals surface area contributed by atoms with E-state index in [1.807, 2.05) is 66.9 Å². The van der Waals surface area contributed by atoms with E-state index in [0.29, 0.717) is 19.7 Å². The van der Waals surface area contributed by atoms with Crippen molar-refractivity contribution in [3.8, 4) is 11.4 Å². The Morgan fingerprint density at radius 1 is 1.12 bits per heavy atom. The quantitative estimate of drug-likeness (QED) is 0.666. The van der Waals surface area contributed by atoms with Crippen LogP contribution in [0, 0.1) is 0 Å². The minimum absolute atomic E-state index is 0.144. The van der Waals surface area contributed by atoms with Gasteiger partial charge in [-0.1, -0.05) is 36.4 Å². The zero-order valence-corrected chi connectivity index (χ0v) is 14.7. The Hall–Kier alpha value is -3.28. The number of ether oxygens (including phenoxy) is 1. The van der Waals surface area contributed by atoms with Gasteiger partial charge < -0.3 is 15.0 Å². The molecule has 0 unspecified atom stereocenters. The lowest BCUT2D eigenvalue weighted by Crippen LogP contribution is -2.38. The molecule has 1 aromatic heterocycles. The molecular weight excluding hydrogens is 328 g/mol. The van der Waals surface area contributed by atoms with Gasteiger partial charge in [-0.3, -0.25) is 0 Å². The van der Waals surface area contributed by atoms with Crippen LogP contribution < -0.4 is 10.1 Å². The Morgan fingerprint density at radius 2 is 1.81 bits per heavy atom. The third-order valence-corrected chi connectivity index (χ3v) is 3.81. The standard InChI is InChI=1S/C20H22N4O2/c1-23(20(25)21-12-13-26-19-10-6-3-7-11-19)15-17-14-22-24(16-17)18-8-4-2-5-9-18/h2-11,14,16H,12-13,15H2,1H3,(H,21,25). The number of carbonyl (C=O) groups excluding carboxylic acids is 1. The lowest BCUT2D eigenvalue weighted by atomic mass is 10.3. The smallest absolute Gasteiger partial charge is 0.317 e. The molecule has 0 aliphatic rings. The lowest BCUT2D eigenvalue weighted by Gasteiger charge is -2.17. The van der Waals surface area contributed by atoms with E-state index in [9.17, 15) is 4.79 Å². The van der Waals surface area contributed by atoms with Gasteiger partial charge in [-0.05, 0) is 24.3 Å². The summed E-state index contributed by atoms with van der Waals surface area (Å²) in [5, 5.41) is 7.19.